The van der Waals surface area contributed by atoms with E-state index in [1.807, 2.05) is 74.5 Å². The van der Waals surface area contributed by atoms with Crippen LogP contribution in [0.4, 0.5) is 10.5 Å². The summed E-state index contributed by atoms with van der Waals surface area (Å²) >= 11 is 0. The highest BCUT2D eigenvalue weighted by Gasteiger charge is 2.33. The minimum Gasteiger partial charge on any atom is -0.444 e. The lowest BCUT2D eigenvalue weighted by Gasteiger charge is -2.33. The van der Waals surface area contributed by atoms with E-state index in [2.05, 4.69) is 17.6 Å². The number of carbonyl (C=O) groups excluding carboxylic acids is 3. The highest BCUT2D eigenvalue weighted by molar-refractivity contribution is 6.00. The van der Waals surface area contributed by atoms with Crippen LogP contribution in [0.15, 0.2) is 60.7 Å². The van der Waals surface area contributed by atoms with Crippen molar-refractivity contribution in [2.75, 3.05) is 18.4 Å². The molecule has 0 saturated carbocycles. The van der Waals surface area contributed by atoms with Crippen molar-refractivity contribution in [3.63, 3.8) is 0 Å². The average molecular weight is 560 g/mol. The standard InChI is InChI=1S/C34H45N3O4/c1-7-8-9-10-13-20-37(30(38)23-35-33(40)41-34(4,5)6)31(29-21-24(2)16-17-25(29)3)32(39)36-28-19-18-26-14-11-12-15-27(26)22-28/h11-12,14-19,21-22,31H,7-10,13,20,23H2,1-6H3,(H,35,40)(H,36,39). The molecule has 0 heterocycles. The summed E-state index contributed by atoms with van der Waals surface area (Å²) in [6.07, 6.45) is 4.33. The zero-order chi connectivity index (χ0) is 30.0. The summed E-state index contributed by atoms with van der Waals surface area (Å²) in [6, 6.07) is 18.8. The van der Waals surface area contributed by atoms with E-state index in [-0.39, 0.29) is 18.4 Å². The molecule has 41 heavy (non-hydrogen) atoms. The lowest BCUT2D eigenvalue weighted by molar-refractivity contribution is -0.138. The molecule has 0 fully saturated rings. The molecule has 0 spiro atoms. The fourth-order valence-corrected chi connectivity index (χ4v) is 4.83. The van der Waals surface area contributed by atoms with Gasteiger partial charge in [-0.3, -0.25) is 9.59 Å². The normalized spacial score (nSPS) is 12.0. The summed E-state index contributed by atoms with van der Waals surface area (Å²) < 4.78 is 5.33. The van der Waals surface area contributed by atoms with Crippen molar-refractivity contribution in [1.29, 1.82) is 0 Å². The molecule has 0 aliphatic heterocycles. The minimum atomic E-state index is -0.875. The monoisotopic (exact) mass is 559 g/mol. The Bertz CT molecular complexity index is 1350. The number of rotatable bonds is 12. The topological polar surface area (TPSA) is 87.7 Å². The molecule has 1 atom stereocenters. The Labute approximate surface area is 244 Å². The molecule has 7 heteroatoms. The number of nitrogens with zero attached hydrogens (tertiary/aromatic N) is 1. The molecule has 7 nitrogen and oxygen atoms in total. The van der Waals surface area contributed by atoms with Gasteiger partial charge in [-0.2, -0.15) is 0 Å². The number of carbonyl (C=O) groups is 3. The van der Waals surface area contributed by atoms with Crippen LogP contribution in [-0.2, 0) is 14.3 Å². The van der Waals surface area contributed by atoms with E-state index in [9.17, 15) is 14.4 Å². The van der Waals surface area contributed by atoms with Crippen LogP contribution < -0.4 is 10.6 Å². The van der Waals surface area contributed by atoms with Gasteiger partial charge in [-0.15, -0.1) is 0 Å². The number of aryl methyl sites for hydroxylation is 2. The number of alkyl carbamates (subject to hydrolysis) is 1. The summed E-state index contributed by atoms with van der Waals surface area (Å²) in [5.74, 6) is -0.640. The van der Waals surface area contributed by atoms with Crippen molar-refractivity contribution in [2.45, 2.75) is 85.3 Å². The van der Waals surface area contributed by atoms with E-state index in [1.165, 1.54) is 0 Å². The second kappa shape index (κ2) is 14.7. The number of ether oxygens (including phenoxy) is 1. The van der Waals surface area contributed by atoms with Crippen molar-refractivity contribution in [1.82, 2.24) is 10.2 Å². The second-order valence-electron chi connectivity index (χ2n) is 11.7. The molecule has 3 amide bonds. The third kappa shape index (κ3) is 9.62. The van der Waals surface area contributed by atoms with Crippen LogP contribution in [0.3, 0.4) is 0 Å². The molecule has 3 aromatic rings. The molecule has 2 N–H and O–H groups in total. The van der Waals surface area contributed by atoms with Gasteiger partial charge >= 0.3 is 6.09 Å². The summed E-state index contributed by atoms with van der Waals surface area (Å²) in [4.78, 5) is 41.8. The van der Waals surface area contributed by atoms with Gasteiger partial charge in [-0.05, 0) is 75.1 Å². The number of hydrogen-bond acceptors (Lipinski definition) is 4. The van der Waals surface area contributed by atoms with E-state index in [0.717, 1.165) is 59.6 Å². The van der Waals surface area contributed by atoms with E-state index in [1.54, 1.807) is 25.7 Å². The number of amides is 3. The van der Waals surface area contributed by atoms with Crippen molar-refractivity contribution in [3.8, 4) is 0 Å². The van der Waals surface area contributed by atoms with Crippen LogP contribution in [0.25, 0.3) is 10.8 Å². The van der Waals surface area contributed by atoms with Crippen LogP contribution in [0.1, 0.15) is 82.5 Å². The van der Waals surface area contributed by atoms with Crippen LogP contribution in [0.5, 0.6) is 0 Å². The highest BCUT2D eigenvalue weighted by Crippen LogP contribution is 2.29. The van der Waals surface area contributed by atoms with E-state index >= 15 is 0 Å². The SMILES string of the molecule is CCCCCCCN(C(=O)CNC(=O)OC(C)(C)C)C(C(=O)Nc1ccc2ccccc2c1)c1cc(C)ccc1C. The first kappa shape index (κ1) is 31.7. The highest BCUT2D eigenvalue weighted by atomic mass is 16.6. The van der Waals surface area contributed by atoms with Crippen molar-refractivity contribution < 1.29 is 19.1 Å². The van der Waals surface area contributed by atoms with Crippen LogP contribution in [0.2, 0.25) is 0 Å². The molecule has 3 rings (SSSR count). The molecule has 0 radical (unpaired) electrons. The smallest absolute Gasteiger partial charge is 0.408 e. The molecule has 0 bridgehead atoms. The maximum Gasteiger partial charge on any atom is 0.408 e. The van der Waals surface area contributed by atoms with Gasteiger partial charge in [0.2, 0.25) is 5.91 Å². The number of fused-ring (bicyclic) bond motifs is 1. The molecular formula is C34H45N3O4. The Balaban J connectivity index is 1.94. The molecule has 0 aliphatic rings. The molecule has 0 aliphatic carbocycles. The summed E-state index contributed by atoms with van der Waals surface area (Å²) in [6.45, 7) is 11.5. The quantitative estimate of drug-likeness (QED) is 0.226. The van der Waals surface area contributed by atoms with Gasteiger partial charge in [0.25, 0.3) is 5.91 Å². The Morgan fingerprint density at radius 3 is 2.29 bits per heavy atom. The van der Waals surface area contributed by atoms with E-state index < -0.39 is 17.7 Å². The van der Waals surface area contributed by atoms with Gasteiger partial charge in [-0.25, -0.2) is 4.79 Å². The van der Waals surface area contributed by atoms with Gasteiger partial charge in [0.1, 0.15) is 18.2 Å². The van der Waals surface area contributed by atoms with E-state index in [0.29, 0.717) is 12.2 Å². The molecule has 0 saturated heterocycles. The van der Waals surface area contributed by atoms with Crippen molar-refractivity contribution in [2.24, 2.45) is 0 Å². The van der Waals surface area contributed by atoms with E-state index in [4.69, 9.17) is 4.74 Å². The van der Waals surface area contributed by atoms with Crippen LogP contribution >= 0.6 is 0 Å². The van der Waals surface area contributed by atoms with Crippen LogP contribution in [0, 0.1) is 13.8 Å². The van der Waals surface area contributed by atoms with Gasteiger partial charge < -0.3 is 20.3 Å². The zero-order valence-corrected chi connectivity index (χ0v) is 25.4. The van der Waals surface area contributed by atoms with Crippen LogP contribution in [-0.4, -0.2) is 41.5 Å². The average Bonchev–Trinajstić information content (AvgIpc) is 2.91. The fraction of sp³-hybridized carbons (Fsp3) is 0.441. The first-order valence-electron chi connectivity index (χ1n) is 14.6. The number of hydrogen-bond donors (Lipinski definition) is 2. The number of nitrogens with one attached hydrogen (secondary N) is 2. The van der Waals surface area contributed by atoms with Gasteiger partial charge in [0.05, 0.1) is 0 Å². The first-order chi connectivity index (χ1) is 19.5. The molecule has 0 aromatic heterocycles. The predicted molar refractivity (Wildman–Crippen MR) is 166 cm³/mol. The number of benzene rings is 3. The number of anilines is 1. The fourth-order valence-electron chi connectivity index (χ4n) is 4.83. The summed E-state index contributed by atoms with van der Waals surface area (Å²) in [7, 11) is 0. The predicted octanol–water partition coefficient (Wildman–Crippen LogP) is 7.46. The van der Waals surface area contributed by atoms with Gasteiger partial charge in [-0.1, -0.05) is 86.7 Å². The Morgan fingerprint density at radius 2 is 1.59 bits per heavy atom. The molecular weight excluding hydrogens is 514 g/mol. The minimum absolute atomic E-state index is 0.269. The third-order valence-electron chi connectivity index (χ3n) is 6.91. The first-order valence-corrected chi connectivity index (χ1v) is 14.6. The van der Waals surface area contributed by atoms with Gasteiger partial charge in [0, 0.05) is 12.2 Å². The maximum absolute atomic E-state index is 14.1. The lowest BCUT2D eigenvalue weighted by Crippen LogP contribution is -2.47. The molecule has 220 valence electrons. The van der Waals surface area contributed by atoms with Crippen molar-refractivity contribution in [3.05, 3.63) is 77.4 Å². The zero-order valence-electron chi connectivity index (χ0n) is 25.4. The maximum atomic E-state index is 14.1. The largest absolute Gasteiger partial charge is 0.444 e. The third-order valence-corrected chi connectivity index (χ3v) is 6.91. The van der Waals surface area contributed by atoms with Gasteiger partial charge in [0.15, 0.2) is 0 Å². The second-order valence-corrected chi connectivity index (χ2v) is 11.7. The summed E-state index contributed by atoms with van der Waals surface area (Å²) in [5, 5.41) is 7.75. The Hall–Kier alpha value is -3.87. The molecule has 1 unspecified atom stereocenters. The van der Waals surface area contributed by atoms with Crippen molar-refractivity contribution >= 4 is 34.4 Å². The molecule has 3 aromatic carbocycles. The Morgan fingerprint density at radius 1 is 0.878 bits per heavy atom. The summed E-state index contributed by atoms with van der Waals surface area (Å²) in [5.41, 5.74) is 2.65. The number of unbranched alkanes of at least 4 members (excludes halogenated alkanes) is 4. The Kier molecular flexibility index (Phi) is 11.3. The lowest BCUT2D eigenvalue weighted by atomic mass is 9.96.